The number of nitrogens with two attached hydrogens (primary N) is 3. The zero-order valence-electron chi connectivity index (χ0n) is 29.9. The summed E-state index contributed by atoms with van der Waals surface area (Å²) in [7, 11) is 0. The summed E-state index contributed by atoms with van der Waals surface area (Å²) in [6.45, 7) is 1.89. The molecule has 20 heteroatoms. The molecule has 3 unspecified atom stereocenters. The summed E-state index contributed by atoms with van der Waals surface area (Å²) in [5.41, 5.74) is 17.1. The van der Waals surface area contributed by atoms with Gasteiger partial charge >= 0.3 is 11.9 Å². The normalized spacial score (nSPS) is 17.1. The number of fused-ring (bicyclic) bond motifs is 1. The standard InChI is InChI=1S/C36H36N8O11S/c1-17(45)42(32(50)24(37)12-13-25(38)47)22-10-8-20(9-11-22)29-40-14-23(30(48)41-29)31(49)43(33(51)26(39)19-6-4-3-5-7-19)28-34(52)44-27(36(53)54)21(15-55-18(2)46)16-56-35(28)44/h3-11,14,24,26,28,35H,12-13,15-16,37,39H2,1-2H3,(H2,38,47)(H,53,54)(H,40,41,48)/t24?,26?,28?,35-/m0/s1. The third-order valence-electron chi connectivity index (χ3n) is 8.77. The maximum absolute atomic E-state index is 14.2. The van der Waals surface area contributed by atoms with Crippen molar-refractivity contribution in [3.05, 3.63) is 83.2 Å². The number of primary amides is 1. The highest BCUT2D eigenvalue weighted by molar-refractivity contribution is 8.00. The number of benzene rings is 2. The van der Waals surface area contributed by atoms with Gasteiger partial charge in [0.15, 0.2) is 5.82 Å². The predicted octanol–water partition coefficient (Wildman–Crippen LogP) is 0.176. The van der Waals surface area contributed by atoms with Gasteiger partial charge in [0.25, 0.3) is 23.6 Å². The number of rotatable bonds is 13. The Labute approximate surface area is 322 Å². The lowest BCUT2D eigenvalue weighted by Gasteiger charge is -2.52. The van der Waals surface area contributed by atoms with Crippen molar-refractivity contribution in [2.45, 2.75) is 50.2 Å². The number of thioether (sulfide) groups is 1. The molecule has 2 aliphatic heterocycles. The summed E-state index contributed by atoms with van der Waals surface area (Å²) in [5.74, 6) is -8.45. The van der Waals surface area contributed by atoms with Crippen LogP contribution in [-0.2, 0) is 38.3 Å². The van der Waals surface area contributed by atoms with Gasteiger partial charge in [0, 0.05) is 43.4 Å². The molecule has 2 aromatic carbocycles. The number of esters is 1. The quantitative estimate of drug-likeness (QED) is 0.114. The molecule has 0 aliphatic carbocycles. The van der Waals surface area contributed by atoms with E-state index in [0.717, 1.165) is 41.6 Å². The van der Waals surface area contributed by atoms with Crippen LogP contribution in [0.5, 0.6) is 5.88 Å². The van der Waals surface area contributed by atoms with Crippen LogP contribution < -0.4 is 22.1 Å². The summed E-state index contributed by atoms with van der Waals surface area (Å²) >= 11 is 1.03. The third kappa shape index (κ3) is 8.26. The Hall–Kier alpha value is -6.51. The minimum absolute atomic E-state index is 0.0247. The van der Waals surface area contributed by atoms with Crippen LogP contribution >= 0.6 is 11.8 Å². The predicted molar refractivity (Wildman–Crippen MR) is 196 cm³/mol. The van der Waals surface area contributed by atoms with Crippen LogP contribution in [0, 0.1) is 0 Å². The van der Waals surface area contributed by atoms with Gasteiger partial charge in [-0.25, -0.2) is 14.7 Å². The first-order valence-corrected chi connectivity index (χ1v) is 17.8. The van der Waals surface area contributed by atoms with Crippen LogP contribution in [0.1, 0.15) is 48.7 Å². The number of aromatic nitrogens is 2. The molecule has 19 nitrogen and oxygen atoms in total. The fourth-order valence-electron chi connectivity index (χ4n) is 5.99. The lowest BCUT2D eigenvalue weighted by atomic mass is 9.98. The average molecular weight is 789 g/mol. The van der Waals surface area contributed by atoms with Gasteiger partial charge in [0.2, 0.25) is 17.7 Å². The smallest absolute Gasteiger partial charge is 0.352 e. The van der Waals surface area contributed by atoms with E-state index >= 15 is 0 Å². The fourth-order valence-corrected chi connectivity index (χ4v) is 7.36. The van der Waals surface area contributed by atoms with Gasteiger partial charge in [0.05, 0.1) is 11.7 Å². The van der Waals surface area contributed by atoms with Gasteiger partial charge in [-0.15, -0.1) is 11.8 Å². The molecule has 0 radical (unpaired) electrons. The number of carbonyl (C=O) groups is 8. The second-order valence-corrected chi connectivity index (χ2v) is 13.7. The molecule has 1 aromatic heterocycles. The number of hydrogen-bond donors (Lipinski definition) is 5. The van der Waals surface area contributed by atoms with Gasteiger partial charge in [-0.1, -0.05) is 30.3 Å². The number of ether oxygens (including phenoxy) is 1. The maximum atomic E-state index is 14.2. The first-order chi connectivity index (χ1) is 26.5. The van der Waals surface area contributed by atoms with Gasteiger partial charge in [0.1, 0.15) is 35.3 Å². The van der Waals surface area contributed by atoms with E-state index in [1.807, 2.05) is 0 Å². The van der Waals surface area contributed by atoms with E-state index in [2.05, 4.69) is 9.97 Å². The Morgan fingerprint density at radius 1 is 1.00 bits per heavy atom. The minimum Gasteiger partial charge on any atom is -0.493 e. The van der Waals surface area contributed by atoms with Crippen molar-refractivity contribution < 1.29 is 53.3 Å². The molecule has 0 bridgehead atoms. The number of carbonyl (C=O) groups excluding carboxylic acids is 7. The van der Waals surface area contributed by atoms with Gasteiger partial charge < -0.3 is 32.2 Å². The molecular formula is C36H36N8O11S. The number of anilines is 1. The zero-order valence-corrected chi connectivity index (χ0v) is 30.7. The molecule has 1 fully saturated rings. The number of amides is 6. The van der Waals surface area contributed by atoms with Crippen molar-refractivity contribution in [1.82, 2.24) is 19.8 Å². The number of aromatic hydroxyl groups is 1. The highest BCUT2D eigenvalue weighted by Gasteiger charge is 2.59. The maximum Gasteiger partial charge on any atom is 0.352 e. The molecule has 56 heavy (non-hydrogen) atoms. The van der Waals surface area contributed by atoms with Crippen molar-refractivity contribution in [3.8, 4) is 17.3 Å². The first-order valence-electron chi connectivity index (χ1n) is 16.8. The zero-order chi connectivity index (χ0) is 41.0. The van der Waals surface area contributed by atoms with E-state index in [1.54, 1.807) is 18.2 Å². The van der Waals surface area contributed by atoms with Crippen LogP contribution in [-0.4, -0.2) is 107 Å². The molecule has 292 valence electrons. The van der Waals surface area contributed by atoms with Crippen LogP contribution in [0.15, 0.2) is 72.1 Å². The number of aliphatic carboxylic acids is 1. The second-order valence-electron chi connectivity index (χ2n) is 12.6. The molecule has 2 aliphatic rings. The van der Waals surface area contributed by atoms with E-state index in [0.29, 0.717) is 10.5 Å². The molecule has 0 saturated carbocycles. The van der Waals surface area contributed by atoms with Crippen LogP contribution in [0.3, 0.4) is 0 Å². The summed E-state index contributed by atoms with van der Waals surface area (Å²) in [6.07, 6.45) is 0.682. The summed E-state index contributed by atoms with van der Waals surface area (Å²) in [4.78, 5) is 113. The summed E-state index contributed by atoms with van der Waals surface area (Å²) in [5, 5.41) is 20.0. The Morgan fingerprint density at radius 3 is 2.23 bits per heavy atom. The summed E-state index contributed by atoms with van der Waals surface area (Å²) in [6, 6.07) is 9.34. The van der Waals surface area contributed by atoms with Gasteiger partial charge in [-0.2, -0.15) is 4.98 Å². The topological polar surface area (TPSA) is 300 Å². The van der Waals surface area contributed by atoms with Gasteiger partial charge in [-0.05, 0) is 36.2 Å². The Balaban J connectivity index is 1.45. The molecule has 1 saturated heterocycles. The Morgan fingerprint density at radius 2 is 1.66 bits per heavy atom. The van der Waals surface area contributed by atoms with Crippen molar-refractivity contribution in [1.29, 1.82) is 0 Å². The molecule has 3 heterocycles. The largest absolute Gasteiger partial charge is 0.493 e. The molecule has 3 aromatic rings. The van der Waals surface area contributed by atoms with Crippen molar-refractivity contribution in [2.75, 3.05) is 17.3 Å². The van der Waals surface area contributed by atoms with E-state index in [1.165, 1.54) is 36.4 Å². The van der Waals surface area contributed by atoms with E-state index in [9.17, 15) is 48.6 Å². The van der Waals surface area contributed by atoms with Crippen molar-refractivity contribution in [3.63, 3.8) is 0 Å². The van der Waals surface area contributed by atoms with Crippen LogP contribution in [0.25, 0.3) is 11.4 Å². The molecule has 4 atom stereocenters. The lowest BCUT2D eigenvalue weighted by Crippen LogP contribution is -2.72. The number of imide groups is 2. The first kappa shape index (κ1) is 40.7. The average Bonchev–Trinajstić information content (AvgIpc) is 3.17. The molecule has 5 rings (SSSR count). The molecular weight excluding hydrogens is 753 g/mol. The Kier molecular flexibility index (Phi) is 12.3. The highest BCUT2D eigenvalue weighted by atomic mass is 32.2. The van der Waals surface area contributed by atoms with E-state index in [-0.39, 0.29) is 41.2 Å². The number of nitrogens with zero attached hydrogens (tertiary/aromatic N) is 5. The highest BCUT2D eigenvalue weighted by Crippen LogP contribution is 2.43. The lowest BCUT2D eigenvalue weighted by molar-refractivity contribution is -0.157. The monoisotopic (exact) mass is 788 g/mol. The third-order valence-corrected chi connectivity index (χ3v) is 10.1. The van der Waals surface area contributed by atoms with Crippen LogP contribution in [0.2, 0.25) is 0 Å². The fraction of sp³-hybridized carbons (Fsp3) is 0.278. The summed E-state index contributed by atoms with van der Waals surface area (Å²) < 4.78 is 4.97. The van der Waals surface area contributed by atoms with Crippen LogP contribution in [0.4, 0.5) is 5.69 Å². The minimum atomic E-state index is -1.57. The van der Waals surface area contributed by atoms with Crippen molar-refractivity contribution >= 4 is 64.8 Å². The van der Waals surface area contributed by atoms with E-state index in [4.69, 9.17) is 21.9 Å². The van der Waals surface area contributed by atoms with E-state index < -0.39 is 94.6 Å². The molecule has 6 amide bonds. The Bertz CT molecular complexity index is 2150. The molecule has 8 N–H and O–H groups in total. The number of carboxylic acid groups (broad SMARTS) is 1. The number of hydrogen-bond acceptors (Lipinski definition) is 15. The molecule has 0 spiro atoms. The van der Waals surface area contributed by atoms with Crippen molar-refractivity contribution in [2.24, 2.45) is 17.2 Å². The number of β-lactam (4-membered cyclic amide) rings is 1. The number of carboxylic acids is 1. The SMILES string of the molecule is CC(=O)OCC1=C(C(=O)O)N2C(=O)C(N(C(=O)c3cnc(-c4ccc(N(C(C)=O)C(=O)C(N)CCC(N)=O)cc4)nc3O)C(=O)C(N)c3ccccc3)[C@@H]2SC1. The van der Waals surface area contributed by atoms with Gasteiger partial charge in [-0.3, -0.25) is 43.4 Å². The second kappa shape index (κ2) is 16.9.